The van der Waals surface area contributed by atoms with Crippen molar-refractivity contribution in [3.05, 3.63) is 70.3 Å². The maximum absolute atomic E-state index is 13.3. The van der Waals surface area contributed by atoms with Crippen LogP contribution in [0.1, 0.15) is 17.0 Å². The van der Waals surface area contributed by atoms with Gasteiger partial charge in [0.2, 0.25) is 11.7 Å². The zero-order valence-corrected chi connectivity index (χ0v) is 16.4. The molecule has 2 aromatic carbocycles. The Balaban J connectivity index is 1.48. The van der Waals surface area contributed by atoms with E-state index >= 15 is 0 Å². The van der Waals surface area contributed by atoms with Gasteiger partial charge in [0.25, 0.3) is 0 Å². The van der Waals surface area contributed by atoms with Crippen LogP contribution in [0.4, 0.5) is 4.39 Å². The number of benzene rings is 2. The minimum absolute atomic E-state index is 0.205. The standard InChI is InChI=1S/C20H21ClFN5O/c1-13-11-14(3-8-17(13)22)12-25-20(23-2)24-10-9-18-26-19(27-28-18)15-4-6-16(21)7-5-15/h3-8,11H,9-10,12H2,1-2H3,(H2,23,24,25). The molecule has 6 nitrogen and oxygen atoms in total. The Morgan fingerprint density at radius 1 is 1.18 bits per heavy atom. The van der Waals surface area contributed by atoms with Crippen molar-refractivity contribution in [3.8, 4) is 11.4 Å². The Labute approximate surface area is 167 Å². The number of guanidine groups is 1. The number of aromatic nitrogens is 2. The van der Waals surface area contributed by atoms with E-state index in [4.69, 9.17) is 16.1 Å². The summed E-state index contributed by atoms with van der Waals surface area (Å²) in [5.74, 6) is 1.49. The monoisotopic (exact) mass is 401 g/mol. The van der Waals surface area contributed by atoms with Gasteiger partial charge in [0, 0.05) is 37.1 Å². The second kappa shape index (κ2) is 9.32. The molecule has 146 valence electrons. The zero-order valence-electron chi connectivity index (χ0n) is 15.7. The number of rotatable bonds is 6. The molecular formula is C20H21ClFN5O. The van der Waals surface area contributed by atoms with E-state index in [1.54, 1.807) is 32.2 Å². The van der Waals surface area contributed by atoms with Crippen molar-refractivity contribution >= 4 is 17.6 Å². The van der Waals surface area contributed by atoms with Crippen LogP contribution in [0.2, 0.25) is 5.02 Å². The molecule has 0 spiro atoms. The maximum Gasteiger partial charge on any atom is 0.228 e. The third kappa shape index (κ3) is 5.29. The van der Waals surface area contributed by atoms with Crippen molar-refractivity contribution in [3.63, 3.8) is 0 Å². The number of nitrogens with zero attached hydrogens (tertiary/aromatic N) is 3. The fourth-order valence-corrected chi connectivity index (χ4v) is 2.71. The SMILES string of the molecule is CN=C(NCCc1nc(-c2ccc(Cl)cc2)no1)NCc1ccc(F)c(C)c1. The molecule has 2 N–H and O–H groups in total. The first-order valence-corrected chi connectivity index (χ1v) is 9.21. The van der Waals surface area contributed by atoms with Gasteiger partial charge in [0.15, 0.2) is 5.96 Å². The molecule has 0 fully saturated rings. The molecule has 3 rings (SSSR count). The van der Waals surface area contributed by atoms with Gasteiger partial charge in [-0.2, -0.15) is 4.98 Å². The lowest BCUT2D eigenvalue weighted by molar-refractivity contribution is 0.378. The van der Waals surface area contributed by atoms with Gasteiger partial charge in [-0.25, -0.2) is 4.39 Å². The molecule has 0 saturated carbocycles. The molecule has 0 unspecified atom stereocenters. The third-order valence-electron chi connectivity index (χ3n) is 4.11. The minimum Gasteiger partial charge on any atom is -0.356 e. The summed E-state index contributed by atoms with van der Waals surface area (Å²) in [5.41, 5.74) is 2.45. The Morgan fingerprint density at radius 2 is 1.96 bits per heavy atom. The van der Waals surface area contributed by atoms with Crippen LogP contribution in [0.3, 0.4) is 0 Å². The summed E-state index contributed by atoms with van der Waals surface area (Å²) >= 11 is 5.89. The van der Waals surface area contributed by atoms with Gasteiger partial charge in [-0.1, -0.05) is 28.9 Å². The quantitative estimate of drug-likeness (QED) is 0.486. The molecule has 0 amide bonds. The first kappa shape index (κ1) is 19.8. The Morgan fingerprint density at radius 3 is 2.68 bits per heavy atom. The van der Waals surface area contributed by atoms with Crippen molar-refractivity contribution in [2.24, 2.45) is 4.99 Å². The van der Waals surface area contributed by atoms with Crippen LogP contribution in [0, 0.1) is 12.7 Å². The average Bonchev–Trinajstić information content (AvgIpc) is 3.16. The van der Waals surface area contributed by atoms with Gasteiger partial charge in [-0.05, 0) is 48.4 Å². The predicted molar refractivity (Wildman–Crippen MR) is 108 cm³/mol. The number of nitrogens with one attached hydrogen (secondary N) is 2. The van der Waals surface area contributed by atoms with E-state index in [2.05, 4.69) is 25.8 Å². The molecule has 1 heterocycles. The Kier molecular flexibility index (Phi) is 6.60. The van der Waals surface area contributed by atoms with Gasteiger partial charge in [-0.3, -0.25) is 4.99 Å². The summed E-state index contributed by atoms with van der Waals surface area (Å²) in [6.07, 6.45) is 0.553. The van der Waals surface area contributed by atoms with Gasteiger partial charge < -0.3 is 15.2 Å². The third-order valence-corrected chi connectivity index (χ3v) is 4.36. The largest absolute Gasteiger partial charge is 0.356 e. The van der Waals surface area contributed by atoms with Crippen molar-refractivity contribution in [1.82, 2.24) is 20.8 Å². The van der Waals surface area contributed by atoms with Crippen LogP contribution in [0.5, 0.6) is 0 Å². The van der Waals surface area contributed by atoms with Gasteiger partial charge >= 0.3 is 0 Å². The van der Waals surface area contributed by atoms with Crippen LogP contribution < -0.4 is 10.6 Å². The second-order valence-electron chi connectivity index (χ2n) is 6.20. The molecule has 3 aromatic rings. The van der Waals surface area contributed by atoms with Crippen molar-refractivity contribution in [1.29, 1.82) is 0 Å². The fourth-order valence-electron chi connectivity index (χ4n) is 2.58. The smallest absolute Gasteiger partial charge is 0.228 e. The number of hydrogen-bond donors (Lipinski definition) is 2. The van der Waals surface area contributed by atoms with Crippen molar-refractivity contribution < 1.29 is 8.91 Å². The highest BCUT2D eigenvalue weighted by Crippen LogP contribution is 2.18. The zero-order chi connectivity index (χ0) is 19.9. The van der Waals surface area contributed by atoms with Gasteiger partial charge in [-0.15, -0.1) is 0 Å². The van der Waals surface area contributed by atoms with Gasteiger partial charge in [0.1, 0.15) is 5.82 Å². The highest BCUT2D eigenvalue weighted by Gasteiger charge is 2.09. The van der Waals surface area contributed by atoms with E-state index in [9.17, 15) is 4.39 Å². The highest BCUT2D eigenvalue weighted by atomic mass is 35.5. The van der Waals surface area contributed by atoms with E-state index < -0.39 is 0 Å². The lowest BCUT2D eigenvalue weighted by atomic mass is 10.1. The van der Waals surface area contributed by atoms with Crippen LogP contribution in [0.15, 0.2) is 52.0 Å². The molecule has 0 bridgehead atoms. The average molecular weight is 402 g/mol. The van der Waals surface area contributed by atoms with Crippen LogP contribution in [0.25, 0.3) is 11.4 Å². The van der Waals surface area contributed by atoms with Crippen molar-refractivity contribution in [2.75, 3.05) is 13.6 Å². The summed E-state index contributed by atoms with van der Waals surface area (Å²) in [4.78, 5) is 8.56. The number of hydrogen-bond acceptors (Lipinski definition) is 4. The molecule has 0 aliphatic heterocycles. The highest BCUT2D eigenvalue weighted by molar-refractivity contribution is 6.30. The lowest BCUT2D eigenvalue weighted by Gasteiger charge is -2.11. The van der Waals surface area contributed by atoms with Gasteiger partial charge in [0.05, 0.1) is 0 Å². The number of aryl methyl sites for hydroxylation is 1. The molecule has 1 aromatic heterocycles. The van der Waals surface area contributed by atoms with E-state index in [0.29, 0.717) is 47.8 Å². The van der Waals surface area contributed by atoms with Crippen LogP contribution in [-0.2, 0) is 13.0 Å². The maximum atomic E-state index is 13.3. The van der Waals surface area contributed by atoms with Crippen molar-refractivity contribution in [2.45, 2.75) is 19.9 Å². The first-order valence-electron chi connectivity index (χ1n) is 8.83. The van der Waals surface area contributed by atoms with E-state index in [0.717, 1.165) is 11.1 Å². The summed E-state index contributed by atoms with van der Waals surface area (Å²) in [7, 11) is 1.69. The number of halogens is 2. The molecule has 8 heteroatoms. The molecule has 0 aliphatic rings. The Bertz CT molecular complexity index is 955. The van der Waals surface area contributed by atoms with E-state index in [-0.39, 0.29) is 5.82 Å². The predicted octanol–water partition coefficient (Wildman–Crippen LogP) is 3.75. The lowest BCUT2D eigenvalue weighted by Crippen LogP contribution is -2.37. The van der Waals surface area contributed by atoms with Crippen LogP contribution in [-0.4, -0.2) is 29.7 Å². The van der Waals surface area contributed by atoms with E-state index in [1.165, 1.54) is 6.07 Å². The molecule has 0 atom stereocenters. The summed E-state index contributed by atoms with van der Waals surface area (Å²) in [5, 5.41) is 11.0. The summed E-state index contributed by atoms with van der Waals surface area (Å²) in [6.45, 7) is 2.86. The summed E-state index contributed by atoms with van der Waals surface area (Å²) in [6, 6.07) is 12.3. The first-order chi connectivity index (χ1) is 13.5. The molecule has 0 saturated heterocycles. The molecule has 28 heavy (non-hydrogen) atoms. The number of aliphatic imine (C=N–C) groups is 1. The normalized spacial score (nSPS) is 11.5. The minimum atomic E-state index is -0.205. The molecular weight excluding hydrogens is 381 g/mol. The topological polar surface area (TPSA) is 75.3 Å². The molecule has 0 aliphatic carbocycles. The fraction of sp³-hybridized carbons (Fsp3) is 0.250. The second-order valence-corrected chi connectivity index (χ2v) is 6.64. The van der Waals surface area contributed by atoms with Crippen LogP contribution >= 0.6 is 11.6 Å². The molecule has 0 radical (unpaired) electrons. The van der Waals surface area contributed by atoms with E-state index in [1.807, 2.05) is 18.2 Å². The summed E-state index contributed by atoms with van der Waals surface area (Å²) < 4.78 is 18.6. The Hall–Kier alpha value is -2.93.